The first-order valence-corrected chi connectivity index (χ1v) is 6.46. The lowest BCUT2D eigenvalue weighted by molar-refractivity contribution is 0.101. The molecule has 3 heteroatoms. The van der Waals surface area contributed by atoms with Crippen LogP contribution in [0.15, 0.2) is 12.1 Å². The summed E-state index contributed by atoms with van der Waals surface area (Å²) in [4.78, 5) is 13.7. The van der Waals surface area contributed by atoms with E-state index in [1.165, 1.54) is 13.0 Å². The largest absolute Gasteiger partial charge is 0.371 e. The lowest BCUT2D eigenvalue weighted by atomic mass is 10.0. The van der Waals surface area contributed by atoms with Crippen molar-refractivity contribution in [3.05, 3.63) is 29.1 Å². The van der Waals surface area contributed by atoms with Crippen LogP contribution in [0.2, 0.25) is 0 Å². The van der Waals surface area contributed by atoms with Gasteiger partial charge in [0.1, 0.15) is 5.82 Å². The molecule has 1 aromatic carbocycles. The third-order valence-electron chi connectivity index (χ3n) is 3.53. The van der Waals surface area contributed by atoms with Gasteiger partial charge in [-0.05, 0) is 44.4 Å². The van der Waals surface area contributed by atoms with Crippen molar-refractivity contribution in [1.82, 2.24) is 0 Å². The molecule has 0 unspecified atom stereocenters. The third kappa shape index (κ3) is 2.89. The number of carbonyl (C=O) groups excluding carboxylic acids is 1. The van der Waals surface area contributed by atoms with E-state index in [0.29, 0.717) is 17.2 Å². The normalized spacial score (nSPS) is 10.8. The average Bonchev–Trinajstić information content (AvgIpc) is 2.33. The molecule has 0 spiro atoms. The Labute approximate surface area is 109 Å². The fraction of sp³-hybridized carbons (Fsp3) is 0.533. The second-order valence-electron chi connectivity index (χ2n) is 4.76. The number of anilines is 1. The molecule has 0 N–H and O–H groups in total. The Balaban J connectivity index is 3.29. The Bertz CT molecular complexity index is 438. The van der Waals surface area contributed by atoms with E-state index < -0.39 is 0 Å². The van der Waals surface area contributed by atoms with Crippen LogP contribution in [0.3, 0.4) is 0 Å². The van der Waals surface area contributed by atoms with E-state index in [9.17, 15) is 9.18 Å². The molecule has 1 aromatic rings. The number of rotatable bonds is 5. The summed E-state index contributed by atoms with van der Waals surface area (Å²) in [5.74, 6) is -0.413. The fourth-order valence-corrected chi connectivity index (χ4v) is 2.27. The van der Waals surface area contributed by atoms with E-state index >= 15 is 0 Å². The van der Waals surface area contributed by atoms with Crippen molar-refractivity contribution in [3.63, 3.8) is 0 Å². The second-order valence-corrected chi connectivity index (χ2v) is 4.76. The minimum absolute atomic E-state index is 0.0956. The van der Waals surface area contributed by atoms with Crippen LogP contribution in [-0.4, -0.2) is 18.9 Å². The Hall–Kier alpha value is -1.38. The van der Waals surface area contributed by atoms with Gasteiger partial charge in [-0.3, -0.25) is 4.79 Å². The molecule has 0 amide bonds. The van der Waals surface area contributed by atoms with Crippen LogP contribution < -0.4 is 4.90 Å². The van der Waals surface area contributed by atoms with Gasteiger partial charge in [-0.2, -0.15) is 0 Å². The number of ketones is 1. The summed E-state index contributed by atoms with van der Waals surface area (Å²) in [5, 5.41) is 0. The van der Waals surface area contributed by atoms with E-state index in [2.05, 4.69) is 18.7 Å². The van der Waals surface area contributed by atoms with Crippen LogP contribution in [0.5, 0.6) is 0 Å². The number of halogens is 1. The molecule has 0 saturated carbocycles. The van der Waals surface area contributed by atoms with Crippen LogP contribution in [0.1, 0.15) is 49.5 Å². The number of nitrogens with zero attached hydrogens (tertiary/aromatic N) is 1. The van der Waals surface area contributed by atoms with Gasteiger partial charge >= 0.3 is 0 Å². The Morgan fingerprint density at radius 2 is 1.89 bits per heavy atom. The van der Waals surface area contributed by atoms with Crippen LogP contribution in [0, 0.1) is 12.7 Å². The summed E-state index contributed by atoms with van der Waals surface area (Å²) in [5.41, 5.74) is 1.87. The first kappa shape index (κ1) is 14.7. The molecule has 100 valence electrons. The molecule has 2 nitrogen and oxygen atoms in total. The molecule has 0 aliphatic heterocycles. The van der Waals surface area contributed by atoms with Crippen molar-refractivity contribution in [2.75, 3.05) is 11.9 Å². The number of aryl methyl sites for hydroxylation is 1. The maximum atomic E-state index is 13.6. The van der Waals surface area contributed by atoms with Crippen molar-refractivity contribution < 1.29 is 9.18 Å². The van der Waals surface area contributed by atoms with E-state index in [1.807, 2.05) is 7.05 Å². The van der Waals surface area contributed by atoms with Gasteiger partial charge in [-0.15, -0.1) is 0 Å². The summed E-state index contributed by atoms with van der Waals surface area (Å²) in [6.07, 6.45) is 2.00. The molecule has 0 aromatic heterocycles. The summed E-state index contributed by atoms with van der Waals surface area (Å²) in [7, 11) is 1.97. The predicted molar refractivity (Wildman–Crippen MR) is 73.9 cm³/mol. The van der Waals surface area contributed by atoms with Crippen molar-refractivity contribution in [3.8, 4) is 0 Å². The molecule has 1 rings (SSSR count). The van der Waals surface area contributed by atoms with Gasteiger partial charge in [0.05, 0.1) is 0 Å². The zero-order valence-corrected chi connectivity index (χ0v) is 11.9. The standard InChI is InChI=1S/C15H22FNO/c1-6-12(7-2)17(5)15-8-10(3)14(16)9-13(15)11(4)18/h8-9,12H,6-7H2,1-5H3. The SMILES string of the molecule is CCC(CC)N(C)c1cc(C)c(F)cc1C(C)=O. The molecule has 0 fully saturated rings. The number of carbonyl (C=O) groups is 1. The van der Waals surface area contributed by atoms with Gasteiger partial charge in [-0.1, -0.05) is 13.8 Å². The van der Waals surface area contributed by atoms with Gasteiger partial charge in [0.25, 0.3) is 0 Å². The topological polar surface area (TPSA) is 20.3 Å². The van der Waals surface area contributed by atoms with Gasteiger partial charge in [0, 0.05) is 24.3 Å². The average molecular weight is 251 g/mol. The number of benzene rings is 1. The summed E-state index contributed by atoms with van der Waals surface area (Å²) in [6.45, 7) is 7.45. The number of hydrogen-bond acceptors (Lipinski definition) is 2. The Morgan fingerprint density at radius 3 is 2.33 bits per heavy atom. The third-order valence-corrected chi connectivity index (χ3v) is 3.53. The highest BCUT2D eigenvalue weighted by atomic mass is 19.1. The molecule has 0 atom stereocenters. The number of hydrogen-bond donors (Lipinski definition) is 0. The van der Waals surface area contributed by atoms with Gasteiger partial charge < -0.3 is 4.90 Å². The van der Waals surface area contributed by atoms with Crippen molar-refractivity contribution in [2.45, 2.75) is 46.6 Å². The van der Waals surface area contributed by atoms with Crippen molar-refractivity contribution >= 4 is 11.5 Å². The first-order valence-electron chi connectivity index (χ1n) is 6.46. The van der Waals surface area contributed by atoms with Gasteiger partial charge in [0.15, 0.2) is 5.78 Å². The molecule has 18 heavy (non-hydrogen) atoms. The monoisotopic (exact) mass is 251 g/mol. The zero-order valence-electron chi connectivity index (χ0n) is 11.9. The molecular weight excluding hydrogens is 229 g/mol. The highest BCUT2D eigenvalue weighted by molar-refractivity contribution is 5.99. The Kier molecular flexibility index (Phi) is 4.88. The molecule has 0 saturated heterocycles. The van der Waals surface area contributed by atoms with E-state index in [0.717, 1.165) is 18.5 Å². The van der Waals surface area contributed by atoms with Gasteiger partial charge in [-0.25, -0.2) is 4.39 Å². The predicted octanol–water partition coefficient (Wildman–Crippen LogP) is 3.96. The summed E-state index contributed by atoms with van der Waals surface area (Å²) >= 11 is 0. The molecule has 0 aliphatic carbocycles. The van der Waals surface area contributed by atoms with Gasteiger partial charge in [0.2, 0.25) is 0 Å². The van der Waals surface area contributed by atoms with E-state index in [-0.39, 0.29) is 11.6 Å². The maximum Gasteiger partial charge on any atom is 0.161 e. The molecule has 0 radical (unpaired) electrons. The molecule has 0 heterocycles. The van der Waals surface area contributed by atoms with Crippen LogP contribution in [0.4, 0.5) is 10.1 Å². The first-order chi connectivity index (χ1) is 8.42. The minimum atomic E-state index is -0.318. The lowest BCUT2D eigenvalue weighted by Crippen LogP contribution is -2.31. The van der Waals surface area contributed by atoms with Crippen LogP contribution in [-0.2, 0) is 0 Å². The maximum absolute atomic E-state index is 13.6. The van der Waals surface area contributed by atoms with Crippen molar-refractivity contribution in [2.24, 2.45) is 0 Å². The van der Waals surface area contributed by atoms with E-state index in [1.54, 1.807) is 13.0 Å². The van der Waals surface area contributed by atoms with Crippen molar-refractivity contribution in [1.29, 1.82) is 0 Å². The van der Waals surface area contributed by atoms with Crippen LogP contribution in [0.25, 0.3) is 0 Å². The molecular formula is C15H22FNO. The Morgan fingerprint density at radius 1 is 1.33 bits per heavy atom. The quantitative estimate of drug-likeness (QED) is 0.738. The smallest absolute Gasteiger partial charge is 0.161 e. The second kappa shape index (κ2) is 5.98. The fourth-order valence-electron chi connectivity index (χ4n) is 2.27. The lowest BCUT2D eigenvalue weighted by Gasteiger charge is -2.30. The zero-order chi connectivity index (χ0) is 13.9. The summed E-state index contributed by atoms with van der Waals surface area (Å²) in [6, 6.07) is 3.49. The highest BCUT2D eigenvalue weighted by Crippen LogP contribution is 2.27. The molecule has 0 bridgehead atoms. The molecule has 0 aliphatic rings. The highest BCUT2D eigenvalue weighted by Gasteiger charge is 2.18. The number of Topliss-reactive ketones (excluding diaryl/α,β-unsaturated/α-hetero) is 1. The van der Waals surface area contributed by atoms with Crippen LogP contribution >= 0.6 is 0 Å². The van der Waals surface area contributed by atoms with E-state index in [4.69, 9.17) is 0 Å². The summed E-state index contributed by atoms with van der Waals surface area (Å²) < 4.78 is 13.6. The minimum Gasteiger partial charge on any atom is -0.371 e.